The Labute approximate surface area is 172 Å². The van der Waals surface area contributed by atoms with Gasteiger partial charge in [-0.3, -0.25) is 4.90 Å². The van der Waals surface area contributed by atoms with Crippen LogP contribution in [0.3, 0.4) is 0 Å². The van der Waals surface area contributed by atoms with E-state index in [2.05, 4.69) is 24.0 Å². The van der Waals surface area contributed by atoms with Crippen molar-refractivity contribution in [3.8, 4) is 23.0 Å². The van der Waals surface area contributed by atoms with Crippen molar-refractivity contribution in [2.45, 2.75) is 58.8 Å². The number of ether oxygens (including phenoxy) is 3. The smallest absolute Gasteiger partial charge is 0.231 e. The molecule has 2 aromatic carbocycles. The summed E-state index contributed by atoms with van der Waals surface area (Å²) in [5.41, 5.74) is 3.86. The summed E-state index contributed by atoms with van der Waals surface area (Å²) in [7, 11) is 0. The van der Waals surface area contributed by atoms with E-state index in [-0.39, 0.29) is 24.3 Å². The second-order valence-corrected chi connectivity index (χ2v) is 7.74. The van der Waals surface area contributed by atoms with Crippen LogP contribution < -0.4 is 14.2 Å². The Hall–Kier alpha value is -2.11. The van der Waals surface area contributed by atoms with Gasteiger partial charge in [0.15, 0.2) is 23.0 Å². The Bertz CT molecular complexity index is 807. The summed E-state index contributed by atoms with van der Waals surface area (Å²) in [5, 5.41) is 9.95. The number of aromatic hydroxyl groups is 1. The van der Waals surface area contributed by atoms with Gasteiger partial charge >= 0.3 is 0 Å². The van der Waals surface area contributed by atoms with Gasteiger partial charge in [0.2, 0.25) is 6.79 Å². The predicted molar refractivity (Wildman–Crippen MR) is 111 cm³/mol. The van der Waals surface area contributed by atoms with Crippen LogP contribution in [0.2, 0.25) is 0 Å². The van der Waals surface area contributed by atoms with Gasteiger partial charge in [-0.2, -0.15) is 0 Å². The van der Waals surface area contributed by atoms with Crippen molar-refractivity contribution in [1.29, 1.82) is 0 Å². The van der Waals surface area contributed by atoms with Gasteiger partial charge in [0.25, 0.3) is 0 Å². The monoisotopic (exact) mass is 405 g/mol. The number of hydrogen-bond acceptors (Lipinski definition) is 5. The van der Waals surface area contributed by atoms with Crippen LogP contribution in [0.4, 0.5) is 0 Å². The van der Waals surface area contributed by atoms with E-state index in [1.165, 1.54) is 16.7 Å². The molecule has 0 radical (unpaired) electrons. The predicted octanol–water partition coefficient (Wildman–Crippen LogP) is 4.67. The van der Waals surface area contributed by atoms with Gasteiger partial charge in [-0.1, -0.05) is 6.07 Å². The van der Waals surface area contributed by atoms with E-state index in [1.807, 2.05) is 26.0 Å². The highest BCUT2D eigenvalue weighted by molar-refractivity contribution is 5.85. The van der Waals surface area contributed by atoms with Gasteiger partial charge in [0.05, 0.1) is 6.10 Å². The lowest BCUT2D eigenvalue weighted by Crippen LogP contribution is -2.28. The standard InChI is InChI=1S/C22H27NO4.ClH/c1-14(2)27-20-8-16(6-7-19(20)24)5-4-15(3)23-11-17-9-21-22(26-13-25-21)10-18(17)12-23;/h6-10,14-15,24H,4-5,11-13H2,1-3H3;1H/t15-;/m1./s1. The molecule has 0 amide bonds. The zero-order valence-electron chi connectivity index (χ0n) is 16.6. The highest BCUT2D eigenvalue weighted by atomic mass is 35.5. The maximum Gasteiger partial charge on any atom is 0.231 e. The molecule has 0 bridgehead atoms. The van der Waals surface area contributed by atoms with Crippen LogP contribution in [0, 0.1) is 0 Å². The molecular formula is C22H28ClNO4. The topological polar surface area (TPSA) is 51.2 Å². The van der Waals surface area contributed by atoms with E-state index in [9.17, 15) is 5.11 Å². The molecule has 0 unspecified atom stereocenters. The maximum absolute atomic E-state index is 9.95. The molecule has 2 aromatic rings. The van der Waals surface area contributed by atoms with E-state index < -0.39 is 0 Å². The van der Waals surface area contributed by atoms with E-state index in [4.69, 9.17) is 14.2 Å². The normalized spacial score (nSPS) is 16.0. The number of aryl methyl sites for hydroxylation is 1. The molecule has 0 saturated carbocycles. The molecule has 5 nitrogen and oxygen atoms in total. The lowest BCUT2D eigenvalue weighted by atomic mass is 10.0. The fraction of sp³-hybridized carbons (Fsp3) is 0.455. The number of fused-ring (bicyclic) bond motifs is 2. The molecule has 0 fully saturated rings. The molecule has 6 heteroatoms. The van der Waals surface area contributed by atoms with Gasteiger partial charge in [0, 0.05) is 19.1 Å². The number of nitrogens with zero attached hydrogens (tertiary/aromatic N) is 1. The third kappa shape index (κ3) is 4.31. The van der Waals surface area contributed by atoms with Crippen LogP contribution in [0.25, 0.3) is 0 Å². The summed E-state index contributed by atoms with van der Waals surface area (Å²) in [6.45, 7) is 8.43. The van der Waals surface area contributed by atoms with Crippen molar-refractivity contribution in [1.82, 2.24) is 4.90 Å². The first-order chi connectivity index (χ1) is 13.0. The first kappa shape index (κ1) is 20.6. The van der Waals surface area contributed by atoms with Crippen molar-refractivity contribution < 1.29 is 19.3 Å². The Morgan fingerprint density at radius 1 is 1.04 bits per heavy atom. The molecule has 1 N–H and O–H groups in total. The molecular weight excluding hydrogens is 378 g/mol. The molecule has 28 heavy (non-hydrogen) atoms. The fourth-order valence-corrected chi connectivity index (χ4v) is 3.75. The molecule has 152 valence electrons. The maximum atomic E-state index is 9.95. The fourth-order valence-electron chi connectivity index (χ4n) is 3.75. The van der Waals surface area contributed by atoms with Crippen LogP contribution in [-0.2, 0) is 19.5 Å². The van der Waals surface area contributed by atoms with Gasteiger partial charge < -0.3 is 19.3 Å². The number of halogens is 1. The first-order valence-corrected chi connectivity index (χ1v) is 9.63. The van der Waals surface area contributed by atoms with Crippen molar-refractivity contribution >= 4 is 12.4 Å². The first-order valence-electron chi connectivity index (χ1n) is 9.63. The summed E-state index contributed by atoms with van der Waals surface area (Å²) < 4.78 is 16.7. The van der Waals surface area contributed by atoms with Gasteiger partial charge in [0.1, 0.15) is 0 Å². The van der Waals surface area contributed by atoms with E-state index >= 15 is 0 Å². The largest absolute Gasteiger partial charge is 0.504 e. The van der Waals surface area contributed by atoms with Crippen LogP contribution >= 0.6 is 12.4 Å². The highest BCUT2D eigenvalue weighted by Gasteiger charge is 2.26. The number of benzene rings is 2. The minimum absolute atomic E-state index is 0. The summed E-state index contributed by atoms with van der Waals surface area (Å²) in [5.74, 6) is 2.50. The third-order valence-electron chi connectivity index (χ3n) is 5.30. The van der Waals surface area contributed by atoms with E-state index in [0.717, 1.165) is 37.4 Å². The number of phenolic OH excluding ortho intramolecular Hbond substituents is 1. The molecule has 0 spiro atoms. The average Bonchev–Trinajstić information content (AvgIpc) is 3.25. The van der Waals surface area contributed by atoms with Crippen LogP contribution in [-0.4, -0.2) is 28.9 Å². The Balaban J connectivity index is 0.00000225. The number of phenols is 1. The van der Waals surface area contributed by atoms with Crippen molar-refractivity contribution in [3.05, 3.63) is 47.0 Å². The van der Waals surface area contributed by atoms with Crippen molar-refractivity contribution in [3.63, 3.8) is 0 Å². The zero-order valence-corrected chi connectivity index (χ0v) is 17.4. The molecule has 2 aliphatic rings. The van der Waals surface area contributed by atoms with Crippen molar-refractivity contribution in [2.24, 2.45) is 0 Å². The minimum atomic E-state index is 0. The molecule has 2 heterocycles. The van der Waals surface area contributed by atoms with Gasteiger partial charge in [-0.15, -0.1) is 12.4 Å². The minimum Gasteiger partial charge on any atom is -0.504 e. The summed E-state index contributed by atoms with van der Waals surface area (Å²) in [4.78, 5) is 2.49. The summed E-state index contributed by atoms with van der Waals surface area (Å²) in [6.07, 6.45) is 2.04. The van der Waals surface area contributed by atoms with Gasteiger partial charge in [-0.25, -0.2) is 0 Å². The molecule has 2 aliphatic heterocycles. The lowest BCUT2D eigenvalue weighted by molar-refractivity contribution is 0.173. The van der Waals surface area contributed by atoms with Crippen LogP contribution in [0.1, 0.15) is 43.9 Å². The van der Waals surface area contributed by atoms with Crippen LogP contribution in [0.5, 0.6) is 23.0 Å². The second kappa shape index (κ2) is 8.50. The Morgan fingerprint density at radius 2 is 1.68 bits per heavy atom. The SMILES string of the molecule is CC(C)Oc1cc(CC[C@@H](C)N2Cc3cc4c(cc3C2)OCO4)ccc1O.Cl. The molecule has 0 saturated heterocycles. The van der Waals surface area contributed by atoms with E-state index in [0.29, 0.717) is 18.6 Å². The number of rotatable bonds is 6. The molecule has 0 aromatic heterocycles. The molecule has 1 atom stereocenters. The third-order valence-corrected chi connectivity index (χ3v) is 5.30. The zero-order chi connectivity index (χ0) is 19.0. The average molecular weight is 406 g/mol. The Morgan fingerprint density at radius 3 is 2.29 bits per heavy atom. The summed E-state index contributed by atoms with van der Waals surface area (Å²) in [6, 6.07) is 10.4. The van der Waals surface area contributed by atoms with Crippen LogP contribution in [0.15, 0.2) is 30.3 Å². The summed E-state index contributed by atoms with van der Waals surface area (Å²) >= 11 is 0. The quantitative estimate of drug-likeness (QED) is 0.757. The Kier molecular flexibility index (Phi) is 6.26. The van der Waals surface area contributed by atoms with E-state index in [1.54, 1.807) is 6.07 Å². The number of hydrogen-bond donors (Lipinski definition) is 1. The van der Waals surface area contributed by atoms with Gasteiger partial charge in [-0.05, 0) is 74.6 Å². The second-order valence-electron chi connectivity index (χ2n) is 7.74. The molecule has 4 rings (SSSR count). The lowest BCUT2D eigenvalue weighted by Gasteiger charge is -2.24. The molecule has 0 aliphatic carbocycles. The van der Waals surface area contributed by atoms with Crippen molar-refractivity contribution in [2.75, 3.05) is 6.79 Å². The highest BCUT2D eigenvalue weighted by Crippen LogP contribution is 2.38.